The van der Waals surface area contributed by atoms with Gasteiger partial charge in [0.1, 0.15) is 11.5 Å². The molecule has 2 unspecified atom stereocenters. The molecule has 1 fully saturated rings. The van der Waals surface area contributed by atoms with Crippen LogP contribution in [-0.2, 0) is 0 Å². The monoisotopic (exact) mass is 411 g/mol. The number of hydrogen-bond acceptors (Lipinski definition) is 4. The Morgan fingerprint density at radius 3 is 2.62 bits per heavy atom. The summed E-state index contributed by atoms with van der Waals surface area (Å²) in [5, 5.41) is 13.3. The molecule has 1 heterocycles. The Balaban J connectivity index is 1.94. The van der Waals surface area contributed by atoms with Crippen LogP contribution in [0, 0.1) is 21.8 Å². The average molecular weight is 412 g/mol. The number of rotatable bonds is 4. The van der Waals surface area contributed by atoms with Crippen LogP contribution in [0.2, 0.25) is 0 Å². The summed E-state index contributed by atoms with van der Waals surface area (Å²) in [6.07, 6.45) is 4.39. The molecule has 0 aliphatic heterocycles. The van der Waals surface area contributed by atoms with Crippen LogP contribution in [0.5, 0.6) is 0 Å². The van der Waals surface area contributed by atoms with E-state index in [1.807, 2.05) is 11.4 Å². The highest BCUT2D eigenvalue weighted by Gasteiger charge is 2.27. The predicted octanol–water partition coefficient (Wildman–Crippen LogP) is 6.25. The molecule has 0 radical (unpaired) electrons. The highest BCUT2D eigenvalue weighted by Crippen LogP contribution is 2.37. The van der Waals surface area contributed by atoms with Gasteiger partial charge < -0.3 is 4.57 Å². The lowest BCUT2D eigenvalue weighted by molar-refractivity contribution is -0.384. The second-order valence-corrected chi connectivity index (χ2v) is 8.28. The first-order chi connectivity index (χ1) is 14.1. The van der Waals surface area contributed by atoms with E-state index in [4.69, 9.17) is 0 Å². The Labute approximate surface area is 172 Å². The van der Waals surface area contributed by atoms with E-state index >= 15 is 0 Å². The van der Waals surface area contributed by atoms with E-state index in [0.717, 1.165) is 25.0 Å². The van der Waals surface area contributed by atoms with E-state index in [1.165, 1.54) is 29.9 Å². The van der Waals surface area contributed by atoms with E-state index < -0.39 is 4.92 Å². The molecular weight excluding hydrogens is 389 g/mol. The lowest BCUT2D eigenvalue weighted by Gasteiger charge is -2.31. The summed E-state index contributed by atoms with van der Waals surface area (Å²) >= 11 is 1.40. The SMILES string of the molecule is CC1CCCCC1n1c(-c2ccccc2F)csc1=Nc1ccccc1[N+](=O)[O-]. The number of halogens is 1. The van der Waals surface area contributed by atoms with Crippen molar-refractivity contribution in [1.82, 2.24) is 4.57 Å². The number of para-hydroxylation sites is 2. The molecule has 0 saturated heterocycles. The van der Waals surface area contributed by atoms with Crippen LogP contribution in [0.15, 0.2) is 58.9 Å². The largest absolute Gasteiger partial charge is 0.313 e. The van der Waals surface area contributed by atoms with Gasteiger partial charge in [-0.1, -0.05) is 44.0 Å². The van der Waals surface area contributed by atoms with Gasteiger partial charge >= 0.3 is 0 Å². The van der Waals surface area contributed by atoms with E-state index in [2.05, 4.69) is 16.5 Å². The van der Waals surface area contributed by atoms with Crippen LogP contribution in [0.3, 0.4) is 0 Å². The van der Waals surface area contributed by atoms with Crippen molar-refractivity contribution in [2.45, 2.75) is 38.6 Å². The van der Waals surface area contributed by atoms with E-state index in [1.54, 1.807) is 30.3 Å². The second-order valence-electron chi connectivity index (χ2n) is 7.44. The molecule has 7 heteroatoms. The summed E-state index contributed by atoms with van der Waals surface area (Å²) in [5.74, 6) is 0.147. The highest BCUT2D eigenvalue weighted by atomic mass is 32.1. The second kappa shape index (κ2) is 8.29. The summed E-state index contributed by atoms with van der Waals surface area (Å²) in [6.45, 7) is 2.22. The molecule has 4 rings (SSSR count). The van der Waals surface area contributed by atoms with Crippen LogP contribution < -0.4 is 4.80 Å². The number of aromatic nitrogens is 1. The summed E-state index contributed by atoms with van der Waals surface area (Å²) in [6, 6.07) is 13.4. The molecule has 1 aliphatic rings. The quantitative estimate of drug-likeness (QED) is 0.376. The summed E-state index contributed by atoms with van der Waals surface area (Å²) in [4.78, 5) is 16.3. The molecule has 0 N–H and O–H groups in total. The van der Waals surface area contributed by atoms with Crippen LogP contribution in [0.1, 0.15) is 38.6 Å². The van der Waals surface area contributed by atoms with Crippen molar-refractivity contribution >= 4 is 22.7 Å². The maximum Gasteiger partial charge on any atom is 0.294 e. The number of hydrogen-bond donors (Lipinski definition) is 0. The van der Waals surface area contributed by atoms with Crippen LogP contribution in [0.25, 0.3) is 11.3 Å². The third-order valence-corrected chi connectivity index (χ3v) is 6.42. The zero-order valence-corrected chi connectivity index (χ0v) is 16.9. The number of nitro groups is 1. The minimum absolute atomic E-state index is 0.0309. The van der Waals surface area contributed by atoms with Gasteiger partial charge in [-0.05, 0) is 37.0 Å². The van der Waals surface area contributed by atoms with Crippen molar-refractivity contribution in [2.24, 2.45) is 10.9 Å². The average Bonchev–Trinajstić information content (AvgIpc) is 3.12. The Morgan fingerprint density at radius 2 is 1.86 bits per heavy atom. The van der Waals surface area contributed by atoms with Crippen molar-refractivity contribution in [3.63, 3.8) is 0 Å². The van der Waals surface area contributed by atoms with Gasteiger partial charge in [0, 0.05) is 23.1 Å². The molecule has 2 atom stereocenters. The van der Waals surface area contributed by atoms with Crippen LogP contribution >= 0.6 is 11.3 Å². The fraction of sp³-hybridized carbons (Fsp3) is 0.318. The molecule has 29 heavy (non-hydrogen) atoms. The lowest BCUT2D eigenvalue weighted by atomic mass is 9.85. The number of benzene rings is 2. The molecule has 5 nitrogen and oxygen atoms in total. The Bertz CT molecular complexity index is 1110. The van der Waals surface area contributed by atoms with E-state index in [0.29, 0.717) is 22.0 Å². The third-order valence-electron chi connectivity index (χ3n) is 5.58. The van der Waals surface area contributed by atoms with Crippen molar-refractivity contribution in [1.29, 1.82) is 0 Å². The first kappa shape index (κ1) is 19.5. The molecule has 1 aromatic heterocycles. The Kier molecular flexibility index (Phi) is 5.58. The molecule has 1 aliphatic carbocycles. The molecule has 0 bridgehead atoms. The highest BCUT2D eigenvalue weighted by molar-refractivity contribution is 7.07. The third kappa shape index (κ3) is 3.87. The van der Waals surface area contributed by atoms with Gasteiger partial charge in [0.25, 0.3) is 5.69 Å². The van der Waals surface area contributed by atoms with E-state index in [9.17, 15) is 14.5 Å². The summed E-state index contributed by atoms with van der Waals surface area (Å²) in [7, 11) is 0. The Hall–Kier alpha value is -2.80. The number of nitrogens with zero attached hydrogens (tertiary/aromatic N) is 3. The fourth-order valence-electron chi connectivity index (χ4n) is 4.08. The number of nitro benzene ring substituents is 1. The van der Waals surface area contributed by atoms with Crippen LogP contribution in [-0.4, -0.2) is 9.49 Å². The fourth-order valence-corrected chi connectivity index (χ4v) is 5.04. The minimum atomic E-state index is -0.419. The molecule has 2 aromatic carbocycles. The maximum atomic E-state index is 14.6. The molecule has 0 spiro atoms. The smallest absolute Gasteiger partial charge is 0.294 e. The van der Waals surface area contributed by atoms with Crippen LogP contribution in [0.4, 0.5) is 15.8 Å². The predicted molar refractivity (Wildman–Crippen MR) is 113 cm³/mol. The standard InChI is InChI=1S/C22H22FN3O2S/c1-15-8-2-6-12-19(15)25-21(16-9-3-4-10-17(16)23)14-29-22(25)24-18-11-5-7-13-20(18)26(27)28/h3-5,7,9-11,13-15,19H,2,6,8,12H2,1H3. The van der Waals surface area contributed by atoms with Gasteiger partial charge in [-0.15, -0.1) is 11.3 Å². The van der Waals surface area contributed by atoms with Gasteiger partial charge in [0.15, 0.2) is 4.80 Å². The first-order valence-corrected chi connectivity index (χ1v) is 10.7. The van der Waals surface area contributed by atoms with Gasteiger partial charge in [-0.2, -0.15) is 0 Å². The topological polar surface area (TPSA) is 60.4 Å². The molecule has 1 saturated carbocycles. The summed E-state index contributed by atoms with van der Waals surface area (Å²) in [5.41, 5.74) is 1.60. The molecule has 3 aromatic rings. The van der Waals surface area contributed by atoms with Gasteiger partial charge in [0.2, 0.25) is 0 Å². The molecular formula is C22H22FN3O2S. The molecule has 0 amide bonds. The van der Waals surface area contributed by atoms with Gasteiger partial charge in [0.05, 0.1) is 10.6 Å². The maximum absolute atomic E-state index is 14.6. The minimum Gasteiger partial charge on any atom is -0.313 e. The van der Waals surface area contributed by atoms with Gasteiger partial charge in [-0.25, -0.2) is 9.38 Å². The van der Waals surface area contributed by atoms with Crippen molar-refractivity contribution < 1.29 is 9.31 Å². The molecule has 150 valence electrons. The Morgan fingerprint density at radius 1 is 1.14 bits per heavy atom. The van der Waals surface area contributed by atoms with Crippen molar-refractivity contribution in [3.05, 3.63) is 74.6 Å². The number of thiazole rings is 1. The zero-order valence-electron chi connectivity index (χ0n) is 16.1. The summed E-state index contributed by atoms with van der Waals surface area (Å²) < 4.78 is 16.7. The first-order valence-electron chi connectivity index (χ1n) is 9.79. The normalized spacial score (nSPS) is 20.0. The van der Waals surface area contributed by atoms with Crippen molar-refractivity contribution in [2.75, 3.05) is 0 Å². The van der Waals surface area contributed by atoms with E-state index in [-0.39, 0.29) is 17.5 Å². The van der Waals surface area contributed by atoms with Gasteiger partial charge in [-0.3, -0.25) is 10.1 Å². The zero-order chi connectivity index (χ0) is 20.4. The van der Waals surface area contributed by atoms with Crippen molar-refractivity contribution in [3.8, 4) is 11.3 Å². The lowest BCUT2D eigenvalue weighted by Crippen LogP contribution is -2.29.